The predicted octanol–water partition coefficient (Wildman–Crippen LogP) is 2.62. The van der Waals surface area contributed by atoms with Gasteiger partial charge in [-0.15, -0.1) is 0 Å². The number of benzene rings is 2. The van der Waals surface area contributed by atoms with Gasteiger partial charge in [0.15, 0.2) is 0 Å². The van der Waals surface area contributed by atoms with E-state index >= 15 is 0 Å². The van der Waals surface area contributed by atoms with Gasteiger partial charge < -0.3 is 0 Å². The zero-order valence-electron chi connectivity index (χ0n) is 16.0. The molecule has 0 radical (unpaired) electrons. The van der Waals surface area contributed by atoms with Crippen LogP contribution in [0.5, 0.6) is 0 Å². The highest BCUT2D eigenvalue weighted by molar-refractivity contribution is 8.00. The molecule has 0 aromatic heterocycles. The molecule has 0 aliphatic carbocycles. The Morgan fingerprint density at radius 1 is 1.24 bits per heavy atom. The molecule has 1 atom stereocenters. The van der Waals surface area contributed by atoms with Crippen LogP contribution in [0, 0.1) is 11.3 Å². The first-order valence-corrected chi connectivity index (χ1v) is 11.3. The highest BCUT2D eigenvalue weighted by Crippen LogP contribution is 2.38. The van der Waals surface area contributed by atoms with E-state index in [1.54, 1.807) is 49.7 Å². The largest absolute Gasteiger partial charge is 0.289 e. The molecule has 3 rings (SSSR count). The van der Waals surface area contributed by atoms with Gasteiger partial charge in [0.25, 0.3) is 5.91 Å². The summed E-state index contributed by atoms with van der Waals surface area (Å²) in [7, 11) is -3.95. The second-order valence-electron chi connectivity index (χ2n) is 7.16. The number of rotatable bonds is 4. The second kappa shape index (κ2) is 8.16. The number of nitriles is 1. The third kappa shape index (κ3) is 4.16. The van der Waals surface area contributed by atoms with Crippen LogP contribution in [-0.2, 0) is 14.8 Å². The zero-order chi connectivity index (χ0) is 21.2. The van der Waals surface area contributed by atoms with Gasteiger partial charge in [-0.05, 0) is 49.2 Å². The zero-order valence-corrected chi connectivity index (χ0v) is 17.6. The Hall–Kier alpha value is -2.38. The lowest BCUT2D eigenvalue weighted by Gasteiger charge is -2.43. The normalized spacial score (nSPS) is 19.3. The van der Waals surface area contributed by atoms with Crippen molar-refractivity contribution in [1.29, 1.82) is 5.26 Å². The third-order valence-corrected chi connectivity index (χ3v) is 8.11. The van der Waals surface area contributed by atoms with Gasteiger partial charge in [-0.2, -0.15) is 21.3 Å². The maximum atomic E-state index is 13.3. The molecule has 0 spiro atoms. The Kier molecular flexibility index (Phi) is 6.00. The molecule has 2 N–H and O–H groups in total. The first-order valence-electron chi connectivity index (χ1n) is 8.91. The van der Waals surface area contributed by atoms with Gasteiger partial charge in [0.05, 0.1) is 16.5 Å². The van der Waals surface area contributed by atoms with E-state index in [-0.39, 0.29) is 11.4 Å². The Morgan fingerprint density at radius 3 is 2.55 bits per heavy atom. The molecule has 0 bridgehead atoms. The molecular weight excluding hydrogens is 410 g/mol. The van der Waals surface area contributed by atoms with Crippen LogP contribution in [0.3, 0.4) is 0 Å². The van der Waals surface area contributed by atoms with Gasteiger partial charge in [0.2, 0.25) is 10.0 Å². The average molecular weight is 432 g/mol. The lowest BCUT2D eigenvalue weighted by atomic mass is 10.0. The predicted molar refractivity (Wildman–Crippen MR) is 111 cm³/mol. The average Bonchev–Trinajstić information content (AvgIpc) is 2.72. The van der Waals surface area contributed by atoms with Crippen molar-refractivity contribution in [3.05, 3.63) is 54.1 Å². The van der Waals surface area contributed by atoms with Crippen LogP contribution in [0.25, 0.3) is 11.1 Å². The van der Waals surface area contributed by atoms with Crippen LogP contribution in [0.15, 0.2) is 53.4 Å². The number of carbonyl (C=O) groups is 1. The van der Waals surface area contributed by atoms with Crippen LogP contribution in [0.4, 0.5) is 0 Å². The van der Waals surface area contributed by atoms with Gasteiger partial charge in [0.1, 0.15) is 6.04 Å². The number of thioether (sulfide) groups is 1. The first kappa shape index (κ1) is 21.3. The summed E-state index contributed by atoms with van der Waals surface area (Å²) in [6.45, 7) is 3.73. The highest BCUT2D eigenvalue weighted by atomic mass is 32.2. The lowest BCUT2D eigenvalue weighted by Crippen LogP contribution is -2.61. The van der Waals surface area contributed by atoms with E-state index in [0.717, 1.165) is 15.4 Å². The Labute approximate surface area is 174 Å². The van der Waals surface area contributed by atoms with E-state index in [1.807, 2.05) is 6.07 Å². The minimum atomic E-state index is -3.95. The molecule has 1 fully saturated rings. The van der Waals surface area contributed by atoms with E-state index in [4.69, 9.17) is 10.5 Å². The number of sulfonamides is 1. The summed E-state index contributed by atoms with van der Waals surface area (Å²) in [5.41, 5.74) is 3.70. The molecule has 29 heavy (non-hydrogen) atoms. The van der Waals surface area contributed by atoms with E-state index in [0.29, 0.717) is 11.3 Å². The SMILES string of the molecule is CC1(C)SCCN(S(=O)(=O)c2ccc(-c3cccc(C#N)c3)cc2)[C@H]1C(=O)NO. The Balaban J connectivity index is 1.96. The van der Waals surface area contributed by atoms with Gasteiger partial charge >= 0.3 is 0 Å². The summed E-state index contributed by atoms with van der Waals surface area (Å²) in [4.78, 5) is 12.3. The third-order valence-electron chi connectivity index (χ3n) is 4.88. The van der Waals surface area contributed by atoms with Crippen LogP contribution >= 0.6 is 11.8 Å². The molecule has 0 unspecified atom stereocenters. The fourth-order valence-corrected chi connectivity index (χ4v) is 6.55. The van der Waals surface area contributed by atoms with Gasteiger partial charge in [-0.3, -0.25) is 10.0 Å². The number of hydroxylamine groups is 1. The van der Waals surface area contributed by atoms with E-state index in [1.165, 1.54) is 23.9 Å². The van der Waals surface area contributed by atoms with Crippen molar-refractivity contribution in [3.8, 4) is 17.2 Å². The van der Waals surface area contributed by atoms with Crippen molar-refractivity contribution in [2.45, 2.75) is 29.5 Å². The number of nitrogens with one attached hydrogen (secondary N) is 1. The van der Waals surface area contributed by atoms with Crippen LogP contribution in [-0.4, -0.2) is 46.9 Å². The number of nitrogens with zero attached hydrogens (tertiary/aromatic N) is 2. The first-order chi connectivity index (χ1) is 13.7. The van der Waals surface area contributed by atoms with Crippen LogP contribution in [0.2, 0.25) is 0 Å². The maximum absolute atomic E-state index is 13.3. The van der Waals surface area contributed by atoms with Crippen molar-refractivity contribution < 1.29 is 18.4 Å². The van der Waals surface area contributed by atoms with Gasteiger partial charge in [-0.25, -0.2) is 13.9 Å². The fourth-order valence-electron chi connectivity index (χ4n) is 3.44. The summed E-state index contributed by atoms with van der Waals surface area (Å²) in [6, 6.07) is 14.4. The minimum absolute atomic E-state index is 0.0659. The lowest BCUT2D eigenvalue weighted by molar-refractivity contribution is -0.134. The van der Waals surface area contributed by atoms with Gasteiger partial charge in [-0.1, -0.05) is 24.3 Å². The monoisotopic (exact) mass is 431 g/mol. The topological polar surface area (TPSA) is 111 Å². The Morgan fingerprint density at radius 2 is 1.93 bits per heavy atom. The summed E-state index contributed by atoms with van der Waals surface area (Å²) >= 11 is 1.49. The van der Waals surface area contributed by atoms with Crippen molar-refractivity contribution >= 4 is 27.7 Å². The number of carbonyl (C=O) groups excluding carboxylic acids is 1. The summed E-state index contributed by atoms with van der Waals surface area (Å²) in [5.74, 6) is -0.212. The molecule has 1 amide bonds. The standard InChI is InChI=1S/C20H21N3O4S2/c1-20(2)18(19(24)22-25)23(10-11-28-20)29(26,27)17-8-6-15(7-9-17)16-5-3-4-14(12-16)13-21/h3-9,12,18,25H,10-11H2,1-2H3,(H,22,24)/t18-/m0/s1. The van der Waals surface area contributed by atoms with Crippen molar-refractivity contribution in [3.63, 3.8) is 0 Å². The molecule has 7 nitrogen and oxygen atoms in total. The van der Waals surface area contributed by atoms with Crippen molar-refractivity contribution in [2.75, 3.05) is 12.3 Å². The molecular formula is C20H21N3O4S2. The van der Waals surface area contributed by atoms with E-state index in [2.05, 4.69) is 6.07 Å². The van der Waals surface area contributed by atoms with Crippen LogP contribution < -0.4 is 5.48 Å². The summed E-state index contributed by atoms with van der Waals surface area (Å²) in [6.07, 6.45) is 0. The molecule has 1 saturated heterocycles. The molecule has 1 aliphatic rings. The number of hydrogen-bond acceptors (Lipinski definition) is 6. The molecule has 0 saturated carbocycles. The fraction of sp³-hybridized carbons (Fsp3) is 0.300. The summed E-state index contributed by atoms with van der Waals surface area (Å²) in [5, 5.41) is 18.2. The Bertz CT molecular complexity index is 1060. The quantitative estimate of drug-likeness (QED) is 0.569. The molecule has 9 heteroatoms. The molecule has 1 aliphatic heterocycles. The second-order valence-corrected chi connectivity index (χ2v) is 10.8. The van der Waals surface area contributed by atoms with Crippen molar-refractivity contribution in [1.82, 2.24) is 9.79 Å². The molecule has 1 heterocycles. The van der Waals surface area contributed by atoms with Gasteiger partial charge in [0, 0.05) is 17.0 Å². The van der Waals surface area contributed by atoms with E-state index < -0.39 is 26.7 Å². The van der Waals surface area contributed by atoms with Crippen LogP contribution in [0.1, 0.15) is 19.4 Å². The minimum Gasteiger partial charge on any atom is -0.289 e. The maximum Gasteiger partial charge on any atom is 0.263 e. The molecule has 2 aromatic carbocycles. The van der Waals surface area contributed by atoms with E-state index in [9.17, 15) is 13.2 Å². The number of amides is 1. The highest BCUT2D eigenvalue weighted by Gasteiger charge is 2.48. The smallest absolute Gasteiger partial charge is 0.263 e. The molecule has 152 valence electrons. The molecule has 2 aromatic rings. The summed E-state index contributed by atoms with van der Waals surface area (Å²) < 4.78 is 27.0. The number of hydrogen-bond donors (Lipinski definition) is 2. The van der Waals surface area contributed by atoms with Crippen molar-refractivity contribution in [2.24, 2.45) is 0 Å².